The summed E-state index contributed by atoms with van der Waals surface area (Å²) < 4.78 is 5.76. The second kappa shape index (κ2) is 8.39. The van der Waals surface area contributed by atoms with Crippen molar-refractivity contribution < 1.29 is 9.53 Å². The third-order valence-electron chi connectivity index (χ3n) is 4.79. The van der Waals surface area contributed by atoms with Crippen molar-refractivity contribution in [2.45, 2.75) is 33.0 Å². The highest BCUT2D eigenvalue weighted by Gasteiger charge is 2.23. The summed E-state index contributed by atoms with van der Waals surface area (Å²) in [4.78, 5) is 21.3. The van der Waals surface area contributed by atoms with E-state index in [0.29, 0.717) is 11.3 Å². The molecule has 1 fully saturated rings. The lowest BCUT2D eigenvalue weighted by Gasteiger charge is -2.36. The van der Waals surface area contributed by atoms with Crippen molar-refractivity contribution >= 4 is 23.1 Å². The van der Waals surface area contributed by atoms with Crippen LogP contribution in [0.4, 0.5) is 17.2 Å². The third kappa shape index (κ3) is 4.77. The van der Waals surface area contributed by atoms with Crippen molar-refractivity contribution in [3.8, 4) is 0 Å². The number of hydrogen-bond acceptors (Lipinski definition) is 5. The summed E-state index contributed by atoms with van der Waals surface area (Å²) in [6.45, 7) is 8.80. The Morgan fingerprint density at radius 2 is 1.85 bits per heavy atom. The lowest BCUT2D eigenvalue weighted by Crippen LogP contribution is -2.45. The molecule has 1 amide bonds. The van der Waals surface area contributed by atoms with Crippen LogP contribution >= 0.6 is 0 Å². The van der Waals surface area contributed by atoms with E-state index in [2.05, 4.69) is 40.9 Å². The van der Waals surface area contributed by atoms with Crippen LogP contribution < -0.4 is 15.1 Å². The average Bonchev–Trinajstić information content (AvgIpc) is 2.67. The number of anilines is 3. The number of rotatable bonds is 5. The maximum Gasteiger partial charge on any atom is 0.255 e. The van der Waals surface area contributed by atoms with Crippen molar-refractivity contribution in [2.24, 2.45) is 0 Å². The molecule has 27 heavy (non-hydrogen) atoms. The molecule has 1 N–H and O–H groups in total. The van der Waals surface area contributed by atoms with Gasteiger partial charge in [-0.05, 0) is 57.2 Å². The molecule has 0 saturated carbocycles. The molecule has 1 aliphatic rings. The van der Waals surface area contributed by atoms with Gasteiger partial charge in [0.25, 0.3) is 5.91 Å². The normalized spacial score (nSPS) is 19.6. The highest BCUT2D eigenvalue weighted by atomic mass is 16.5. The van der Waals surface area contributed by atoms with Crippen LogP contribution in [0, 0.1) is 0 Å². The summed E-state index contributed by atoms with van der Waals surface area (Å²) in [5.41, 5.74) is 2.41. The van der Waals surface area contributed by atoms with Gasteiger partial charge in [0, 0.05) is 37.9 Å². The van der Waals surface area contributed by atoms with E-state index in [-0.39, 0.29) is 18.1 Å². The maximum absolute atomic E-state index is 12.5. The molecule has 144 valence electrons. The number of carbonyl (C=O) groups is 1. The van der Waals surface area contributed by atoms with Gasteiger partial charge in [-0.25, -0.2) is 4.98 Å². The van der Waals surface area contributed by atoms with Gasteiger partial charge in [-0.3, -0.25) is 4.79 Å². The fourth-order valence-electron chi connectivity index (χ4n) is 3.27. The summed E-state index contributed by atoms with van der Waals surface area (Å²) in [5, 5.41) is 2.91. The molecule has 1 saturated heterocycles. The van der Waals surface area contributed by atoms with E-state index < -0.39 is 0 Å². The number of nitrogens with one attached hydrogen (secondary N) is 1. The third-order valence-corrected chi connectivity index (χ3v) is 4.79. The molecule has 0 spiro atoms. The maximum atomic E-state index is 12.5. The van der Waals surface area contributed by atoms with Crippen LogP contribution in [-0.2, 0) is 4.74 Å². The summed E-state index contributed by atoms with van der Waals surface area (Å²) >= 11 is 0. The van der Waals surface area contributed by atoms with E-state index >= 15 is 0 Å². The molecule has 2 unspecified atom stereocenters. The molecule has 0 aliphatic carbocycles. The van der Waals surface area contributed by atoms with Gasteiger partial charge in [0.1, 0.15) is 5.82 Å². The molecular formula is C21H28N4O2. The molecule has 6 heteroatoms. The zero-order valence-electron chi connectivity index (χ0n) is 16.5. The smallest absolute Gasteiger partial charge is 0.255 e. The Kier molecular flexibility index (Phi) is 5.96. The predicted molar refractivity (Wildman–Crippen MR) is 110 cm³/mol. The first-order chi connectivity index (χ1) is 13.0. The summed E-state index contributed by atoms with van der Waals surface area (Å²) in [6.07, 6.45) is 2.08. The number of amides is 1. The fraction of sp³-hybridized carbons (Fsp3) is 0.429. The second-order valence-electron chi connectivity index (χ2n) is 7.08. The molecule has 3 rings (SSSR count). The second-order valence-corrected chi connectivity index (χ2v) is 7.08. The first-order valence-corrected chi connectivity index (χ1v) is 9.45. The number of morpholine rings is 1. The molecule has 1 aromatic carbocycles. The minimum absolute atomic E-state index is 0.135. The quantitative estimate of drug-likeness (QED) is 0.876. The molecule has 2 atom stereocenters. The standard InChI is InChI=1S/C21H28N4O2/c1-5-24(4)19-9-6-17(7-10-19)21(26)23-18-8-11-20(22-12-18)25-13-15(2)27-16(3)14-25/h6-12,15-16H,5,13-14H2,1-4H3,(H,23,26). The van der Waals surface area contributed by atoms with Gasteiger partial charge in [0.2, 0.25) is 0 Å². The van der Waals surface area contributed by atoms with Crippen LogP contribution in [0.5, 0.6) is 0 Å². The highest BCUT2D eigenvalue weighted by molar-refractivity contribution is 6.04. The minimum Gasteiger partial charge on any atom is -0.375 e. The predicted octanol–water partition coefficient (Wildman–Crippen LogP) is 3.40. The molecule has 1 aromatic heterocycles. The van der Waals surface area contributed by atoms with E-state index in [0.717, 1.165) is 31.1 Å². The molecule has 1 aliphatic heterocycles. The number of ether oxygens (including phenoxy) is 1. The van der Waals surface area contributed by atoms with E-state index in [1.807, 2.05) is 43.4 Å². The van der Waals surface area contributed by atoms with Crippen molar-refractivity contribution in [3.05, 3.63) is 48.2 Å². The van der Waals surface area contributed by atoms with Gasteiger partial charge in [0.15, 0.2) is 0 Å². The SMILES string of the molecule is CCN(C)c1ccc(C(=O)Nc2ccc(N3CC(C)OC(C)C3)nc2)cc1. The van der Waals surface area contributed by atoms with Gasteiger partial charge >= 0.3 is 0 Å². The number of carbonyl (C=O) groups excluding carboxylic acids is 1. The van der Waals surface area contributed by atoms with Gasteiger partial charge in [0.05, 0.1) is 24.1 Å². The molecule has 2 aromatic rings. The van der Waals surface area contributed by atoms with Crippen LogP contribution in [-0.4, -0.2) is 49.8 Å². The van der Waals surface area contributed by atoms with E-state index in [1.54, 1.807) is 6.20 Å². The number of benzene rings is 1. The largest absolute Gasteiger partial charge is 0.375 e. The van der Waals surface area contributed by atoms with E-state index in [1.165, 1.54) is 0 Å². The van der Waals surface area contributed by atoms with Gasteiger partial charge in [-0.1, -0.05) is 0 Å². The Morgan fingerprint density at radius 3 is 2.41 bits per heavy atom. The average molecular weight is 368 g/mol. The molecular weight excluding hydrogens is 340 g/mol. The van der Waals surface area contributed by atoms with Crippen molar-refractivity contribution in [2.75, 3.05) is 41.8 Å². The first kappa shape index (κ1) is 19.2. The van der Waals surface area contributed by atoms with Crippen molar-refractivity contribution in [1.82, 2.24) is 4.98 Å². The van der Waals surface area contributed by atoms with Crippen LogP contribution in [0.25, 0.3) is 0 Å². The molecule has 0 radical (unpaired) electrons. The highest BCUT2D eigenvalue weighted by Crippen LogP contribution is 2.20. The Hall–Kier alpha value is -2.60. The topological polar surface area (TPSA) is 57.7 Å². The van der Waals surface area contributed by atoms with Crippen LogP contribution in [0.3, 0.4) is 0 Å². The van der Waals surface area contributed by atoms with Crippen molar-refractivity contribution in [3.63, 3.8) is 0 Å². The molecule has 2 heterocycles. The Balaban J connectivity index is 1.63. The summed E-state index contributed by atoms with van der Waals surface area (Å²) in [7, 11) is 2.03. The number of nitrogens with zero attached hydrogens (tertiary/aromatic N) is 3. The van der Waals surface area contributed by atoms with Crippen molar-refractivity contribution in [1.29, 1.82) is 0 Å². The zero-order chi connectivity index (χ0) is 19.4. The Labute approximate surface area is 161 Å². The summed E-state index contributed by atoms with van der Waals surface area (Å²) in [6, 6.07) is 11.4. The number of pyridine rings is 1. The monoisotopic (exact) mass is 368 g/mol. The van der Waals surface area contributed by atoms with Crippen LogP contribution in [0.1, 0.15) is 31.1 Å². The van der Waals surface area contributed by atoms with Crippen LogP contribution in [0.2, 0.25) is 0 Å². The zero-order valence-corrected chi connectivity index (χ0v) is 16.5. The first-order valence-electron chi connectivity index (χ1n) is 9.45. The minimum atomic E-state index is -0.135. The lowest BCUT2D eigenvalue weighted by atomic mass is 10.2. The van der Waals surface area contributed by atoms with Gasteiger partial charge < -0.3 is 19.9 Å². The van der Waals surface area contributed by atoms with E-state index in [9.17, 15) is 4.79 Å². The molecule has 0 bridgehead atoms. The summed E-state index contributed by atoms with van der Waals surface area (Å²) in [5.74, 6) is 0.769. The van der Waals surface area contributed by atoms with Gasteiger partial charge in [-0.2, -0.15) is 0 Å². The van der Waals surface area contributed by atoms with Gasteiger partial charge in [-0.15, -0.1) is 0 Å². The fourth-order valence-corrected chi connectivity index (χ4v) is 3.27. The molecule has 6 nitrogen and oxygen atoms in total. The number of aromatic nitrogens is 1. The Morgan fingerprint density at radius 1 is 1.19 bits per heavy atom. The Bertz CT molecular complexity index is 751. The number of hydrogen-bond donors (Lipinski definition) is 1. The lowest BCUT2D eigenvalue weighted by molar-refractivity contribution is -0.00545. The van der Waals surface area contributed by atoms with Crippen LogP contribution in [0.15, 0.2) is 42.6 Å². The van der Waals surface area contributed by atoms with E-state index in [4.69, 9.17) is 4.74 Å².